The van der Waals surface area contributed by atoms with Crippen LogP contribution in [0.15, 0.2) is 16.6 Å². The van der Waals surface area contributed by atoms with Gasteiger partial charge in [-0.2, -0.15) is 13.2 Å². The molecule has 0 aliphatic heterocycles. The number of rotatable bonds is 2. The molecule has 0 saturated carbocycles. The van der Waals surface area contributed by atoms with Crippen LogP contribution in [0.3, 0.4) is 0 Å². The molecule has 0 amide bonds. The molecule has 0 radical (unpaired) electrons. The van der Waals surface area contributed by atoms with Crippen LogP contribution in [0, 0.1) is 0 Å². The van der Waals surface area contributed by atoms with E-state index in [1.165, 1.54) is 27.0 Å². The molecular formula is C11H12BrF3O2. The number of hydrogen-bond acceptors (Lipinski definition) is 2. The summed E-state index contributed by atoms with van der Waals surface area (Å²) >= 11 is 3.01. The number of benzene rings is 1. The Morgan fingerprint density at radius 2 is 1.76 bits per heavy atom. The van der Waals surface area contributed by atoms with Crippen LogP contribution in [0.5, 0.6) is 5.75 Å². The zero-order valence-corrected chi connectivity index (χ0v) is 11.1. The van der Waals surface area contributed by atoms with Gasteiger partial charge in [-0.15, -0.1) is 0 Å². The van der Waals surface area contributed by atoms with Crippen molar-refractivity contribution in [3.8, 4) is 5.75 Å². The molecule has 6 heteroatoms. The van der Waals surface area contributed by atoms with E-state index in [2.05, 4.69) is 15.9 Å². The summed E-state index contributed by atoms with van der Waals surface area (Å²) in [5.41, 5.74) is -2.10. The normalized spacial score (nSPS) is 12.7. The number of ether oxygens (including phenoxy) is 1. The van der Waals surface area contributed by atoms with E-state index in [0.717, 1.165) is 6.07 Å². The fourth-order valence-corrected chi connectivity index (χ4v) is 1.99. The first-order chi connectivity index (χ1) is 7.57. The summed E-state index contributed by atoms with van der Waals surface area (Å²) in [5, 5.41) is 9.74. The molecular weight excluding hydrogens is 301 g/mol. The molecule has 0 fully saturated rings. The van der Waals surface area contributed by atoms with Crippen molar-refractivity contribution in [2.24, 2.45) is 0 Å². The molecule has 0 aliphatic carbocycles. The van der Waals surface area contributed by atoms with Crippen LogP contribution in [-0.2, 0) is 11.8 Å². The molecule has 96 valence electrons. The lowest BCUT2D eigenvalue weighted by Crippen LogP contribution is -2.18. The van der Waals surface area contributed by atoms with Crippen LogP contribution < -0.4 is 4.74 Å². The highest BCUT2D eigenvalue weighted by Gasteiger charge is 2.37. The molecule has 0 spiro atoms. The third-order valence-corrected chi connectivity index (χ3v) is 2.85. The molecule has 0 heterocycles. The lowest BCUT2D eigenvalue weighted by molar-refractivity contribution is -0.139. The highest BCUT2D eigenvalue weighted by atomic mass is 79.9. The lowest BCUT2D eigenvalue weighted by Gasteiger charge is -2.22. The Balaban J connectivity index is 3.51. The summed E-state index contributed by atoms with van der Waals surface area (Å²) in [5.74, 6) is -0.287. The van der Waals surface area contributed by atoms with Crippen molar-refractivity contribution in [2.75, 3.05) is 7.11 Å². The van der Waals surface area contributed by atoms with E-state index in [-0.39, 0.29) is 15.8 Å². The first-order valence-electron chi connectivity index (χ1n) is 4.75. The topological polar surface area (TPSA) is 29.5 Å². The van der Waals surface area contributed by atoms with E-state index in [1.54, 1.807) is 0 Å². The average Bonchev–Trinajstić information content (AvgIpc) is 2.13. The Hall–Kier alpha value is -0.750. The third-order valence-electron chi connectivity index (χ3n) is 2.26. The van der Waals surface area contributed by atoms with Gasteiger partial charge in [0.05, 0.1) is 22.7 Å². The molecule has 0 aliphatic rings. The van der Waals surface area contributed by atoms with Gasteiger partial charge in [0.15, 0.2) is 0 Å². The predicted octanol–water partition coefficient (Wildman–Crippen LogP) is 3.70. The molecule has 17 heavy (non-hydrogen) atoms. The van der Waals surface area contributed by atoms with Gasteiger partial charge in [0.1, 0.15) is 5.75 Å². The minimum absolute atomic E-state index is 0.159. The van der Waals surface area contributed by atoms with Crippen LogP contribution in [0.25, 0.3) is 0 Å². The minimum atomic E-state index is -4.53. The van der Waals surface area contributed by atoms with E-state index in [4.69, 9.17) is 4.74 Å². The molecule has 1 N–H and O–H groups in total. The Kier molecular flexibility index (Phi) is 3.78. The maximum Gasteiger partial charge on any atom is 0.420 e. The van der Waals surface area contributed by atoms with Crippen LogP contribution in [0.4, 0.5) is 13.2 Å². The smallest absolute Gasteiger partial charge is 0.420 e. The van der Waals surface area contributed by atoms with E-state index < -0.39 is 17.3 Å². The van der Waals surface area contributed by atoms with Crippen LogP contribution in [0.2, 0.25) is 0 Å². The standard InChI is InChI=1S/C11H12BrF3O2/c1-10(2,16)6-4-7(11(13,14)15)9(17-3)8(12)5-6/h4-5,16H,1-3H3. The van der Waals surface area contributed by atoms with Crippen molar-refractivity contribution in [1.82, 2.24) is 0 Å². The molecule has 0 bridgehead atoms. The summed E-state index contributed by atoms with van der Waals surface area (Å²) in [6.45, 7) is 2.84. The van der Waals surface area contributed by atoms with E-state index in [0.29, 0.717) is 0 Å². The highest BCUT2D eigenvalue weighted by molar-refractivity contribution is 9.10. The summed E-state index contributed by atoms with van der Waals surface area (Å²) in [6.07, 6.45) is -4.53. The SMILES string of the molecule is COc1c(Br)cc(C(C)(C)O)cc1C(F)(F)F. The molecule has 0 aromatic heterocycles. The maximum atomic E-state index is 12.8. The Bertz CT molecular complexity index is 422. The van der Waals surface area contributed by atoms with Gasteiger partial charge in [-0.05, 0) is 47.5 Å². The van der Waals surface area contributed by atoms with E-state index in [1.807, 2.05) is 0 Å². The molecule has 0 saturated heterocycles. The fraction of sp³-hybridized carbons (Fsp3) is 0.455. The number of halogens is 4. The Morgan fingerprint density at radius 3 is 2.12 bits per heavy atom. The number of hydrogen-bond donors (Lipinski definition) is 1. The summed E-state index contributed by atoms with van der Waals surface area (Å²) in [7, 11) is 1.17. The van der Waals surface area contributed by atoms with Crippen LogP contribution >= 0.6 is 15.9 Å². The summed E-state index contributed by atoms with van der Waals surface area (Å²) < 4.78 is 43.3. The Morgan fingerprint density at radius 1 is 1.24 bits per heavy atom. The summed E-state index contributed by atoms with van der Waals surface area (Å²) in [4.78, 5) is 0. The van der Waals surface area contributed by atoms with Gasteiger partial charge in [0, 0.05) is 0 Å². The lowest BCUT2D eigenvalue weighted by atomic mass is 9.96. The average molecular weight is 313 g/mol. The van der Waals surface area contributed by atoms with Gasteiger partial charge in [0.25, 0.3) is 0 Å². The van der Waals surface area contributed by atoms with Crippen molar-refractivity contribution < 1.29 is 23.0 Å². The third kappa shape index (κ3) is 3.13. The number of alkyl halides is 3. The first kappa shape index (κ1) is 14.3. The van der Waals surface area contributed by atoms with E-state index in [9.17, 15) is 18.3 Å². The molecule has 1 aromatic rings. The molecule has 0 unspecified atom stereocenters. The van der Waals surface area contributed by atoms with Crippen molar-refractivity contribution in [3.05, 3.63) is 27.7 Å². The van der Waals surface area contributed by atoms with E-state index >= 15 is 0 Å². The van der Waals surface area contributed by atoms with Crippen molar-refractivity contribution in [2.45, 2.75) is 25.6 Å². The first-order valence-corrected chi connectivity index (χ1v) is 5.54. The second kappa shape index (κ2) is 4.49. The monoisotopic (exact) mass is 312 g/mol. The van der Waals surface area contributed by atoms with Gasteiger partial charge in [-0.3, -0.25) is 0 Å². The van der Waals surface area contributed by atoms with Gasteiger partial charge in [-0.1, -0.05) is 0 Å². The van der Waals surface area contributed by atoms with Crippen LogP contribution in [-0.4, -0.2) is 12.2 Å². The van der Waals surface area contributed by atoms with Crippen molar-refractivity contribution >= 4 is 15.9 Å². The van der Waals surface area contributed by atoms with Crippen molar-refractivity contribution in [3.63, 3.8) is 0 Å². The maximum absolute atomic E-state index is 12.8. The van der Waals surface area contributed by atoms with Gasteiger partial charge < -0.3 is 9.84 Å². The highest BCUT2D eigenvalue weighted by Crippen LogP contribution is 2.42. The fourth-order valence-electron chi connectivity index (χ4n) is 1.36. The number of methoxy groups -OCH3 is 1. The molecule has 2 nitrogen and oxygen atoms in total. The second-order valence-electron chi connectivity index (χ2n) is 4.10. The van der Waals surface area contributed by atoms with Crippen molar-refractivity contribution in [1.29, 1.82) is 0 Å². The summed E-state index contributed by atoms with van der Waals surface area (Å²) in [6, 6.07) is 2.30. The minimum Gasteiger partial charge on any atom is -0.495 e. The predicted molar refractivity (Wildman–Crippen MR) is 60.9 cm³/mol. The van der Waals surface area contributed by atoms with Gasteiger partial charge >= 0.3 is 6.18 Å². The number of aliphatic hydroxyl groups is 1. The zero-order chi connectivity index (χ0) is 13.4. The molecule has 1 aromatic carbocycles. The quantitative estimate of drug-likeness (QED) is 0.902. The molecule has 1 rings (SSSR count). The van der Waals surface area contributed by atoms with Crippen LogP contribution in [0.1, 0.15) is 25.0 Å². The Labute approximate surface area is 106 Å². The van der Waals surface area contributed by atoms with Gasteiger partial charge in [-0.25, -0.2) is 0 Å². The largest absolute Gasteiger partial charge is 0.495 e. The zero-order valence-electron chi connectivity index (χ0n) is 9.52. The van der Waals surface area contributed by atoms with Gasteiger partial charge in [0.2, 0.25) is 0 Å². The molecule has 0 atom stereocenters. The second-order valence-corrected chi connectivity index (χ2v) is 4.95.